The van der Waals surface area contributed by atoms with Gasteiger partial charge in [-0.3, -0.25) is 5.41 Å². The van der Waals surface area contributed by atoms with Crippen LogP contribution in [0.5, 0.6) is 5.75 Å². The highest BCUT2D eigenvalue weighted by atomic mass is 16.3. The molecule has 0 spiro atoms. The number of hydrogen-bond donors (Lipinski definition) is 3. The Morgan fingerprint density at radius 3 is 2.57 bits per heavy atom. The van der Waals surface area contributed by atoms with Gasteiger partial charge in [-0.1, -0.05) is 30.3 Å². The highest BCUT2D eigenvalue weighted by Gasteiger charge is 2.08. The number of hydrogen-bond acceptors (Lipinski definition) is 2. The molecule has 2 aromatic carbocycles. The number of nitrogens with two attached hydrogens (primary N) is 1. The molecule has 70 valence electrons. The minimum atomic E-state index is -0.112. The number of nitrogen functional groups attached to an aromatic ring is 1. The van der Waals surface area contributed by atoms with Gasteiger partial charge in [0.2, 0.25) is 0 Å². The molecule has 2 aromatic rings. The summed E-state index contributed by atoms with van der Waals surface area (Å²) in [6, 6.07) is 10.9. The maximum absolute atomic E-state index is 9.56. The molecule has 0 atom stereocenters. The van der Waals surface area contributed by atoms with E-state index in [-0.39, 0.29) is 11.6 Å². The van der Waals surface area contributed by atoms with E-state index in [1.165, 1.54) is 0 Å². The second kappa shape index (κ2) is 3.03. The number of nitrogens with one attached hydrogen (secondary N) is 1. The molecule has 0 saturated carbocycles. The molecule has 0 aromatic heterocycles. The Morgan fingerprint density at radius 2 is 1.86 bits per heavy atom. The molecule has 0 unspecified atom stereocenters. The van der Waals surface area contributed by atoms with Crippen molar-refractivity contribution in [2.75, 3.05) is 0 Å². The summed E-state index contributed by atoms with van der Waals surface area (Å²) in [6.07, 6.45) is 0. The van der Waals surface area contributed by atoms with Gasteiger partial charge >= 0.3 is 0 Å². The third-order valence-electron chi connectivity index (χ3n) is 2.18. The quantitative estimate of drug-likeness (QED) is 0.469. The first-order valence-electron chi connectivity index (χ1n) is 4.25. The van der Waals surface area contributed by atoms with Gasteiger partial charge in [0.15, 0.2) is 0 Å². The molecule has 0 radical (unpaired) electrons. The standard InChI is InChI=1S/C11H10N2O/c12-11(13)10-8-4-2-1-3-7(8)5-6-9(10)14/h1-6,14H,(H3,12,13). The van der Waals surface area contributed by atoms with Gasteiger partial charge in [0, 0.05) is 0 Å². The molecule has 0 aliphatic rings. The summed E-state index contributed by atoms with van der Waals surface area (Å²) >= 11 is 0. The number of phenolic OH excluding ortho intramolecular Hbond substituents is 1. The highest BCUT2D eigenvalue weighted by Crippen LogP contribution is 2.26. The number of rotatable bonds is 1. The molecule has 0 amide bonds. The van der Waals surface area contributed by atoms with E-state index in [2.05, 4.69) is 0 Å². The normalized spacial score (nSPS) is 10.3. The first-order valence-corrected chi connectivity index (χ1v) is 4.25. The Kier molecular flexibility index (Phi) is 1.85. The summed E-state index contributed by atoms with van der Waals surface area (Å²) in [4.78, 5) is 0. The van der Waals surface area contributed by atoms with Crippen molar-refractivity contribution in [2.24, 2.45) is 5.73 Å². The fraction of sp³-hybridized carbons (Fsp3) is 0. The lowest BCUT2D eigenvalue weighted by Gasteiger charge is -2.06. The predicted octanol–water partition coefficient (Wildman–Crippen LogP) is 1.83. The average Bonchev–Trinajstić information content (AvgIpc) is 2.17. The third kappa shape index (κ3) is 1.19. The van der Waals surface area contributed by atoms with Gasteiger partial charge in [0.05, 0.1) is 5.56 Å². The van der Waals surface area contributed by atoms with E-state index in [1.807, 2.05) is 24.3 Å². The summed E-state index contributed by atoms with van der Waals surface area (Å²) in [6.45, 7) is 0. The summed E-state index contributed by atoms with van der Waals surface area (Å²) < 4.78 is 0. The number of benzene rings is 2. The van der Waals surface area contributed by atoms with E-state index in [9.17, 15) is 5.11 Å². The smallest absolute Gasteiger partial charge is 0.127 e. The Bertz CT molecular complexity index is 506. The van der Waals surface area contributed by atoms with Crippen LogP contribution in [0.2, 0.25) is 0 Å². The van der Waals surface area contributed by atoms with Crippen LogP contribution in [0.25, 0.3) is 10.8 Å². The van der Waals surface area contributed by atoms with Gasteiger partial charge < -0.3 is 10.8 Å². The van der Waals surface area contributed by atoms with Gasteiger partial charge in [-0.15, -0.1) is 0 Å². The molecule has 3 heteroatoms. The largest absolute Gasteiger partial charge is 0.507 e. The van der Waals surface area contributed by atoms with Crippen LogP contribution in [-0.2, 0) is 0 Å². The zero-order valence-corrected chi connectivity index (χ0v) is 7.49. The lowest BCUT2D eigenvalue weighted by atomic mass is 10.0. The number of fused-ring (bicyclic) bond motifs is 1. The van der Waals surface area contributed by atoms with Crippen molar-refractivity contribution in [3.05, 3.63) is 42.0 Å². The van der Waals surface area contributed by atoms with Crippen LogP contribution < -0.4 is 5.73 Å². The van der Waals surface area contributed by atoms with Gasteiger partial charge in [-0.2, -0.15) is 0 Å². The molecule has 14 heavy (non-hydrogen) atoms. The first kappa shape index (κ1) is 8.56. The molecule has 0 aliphatic heterocycles. The van der Waals surface area contributed by atoms with E-state index in [0.717, 1.165) is 10.8 Å². The molecule has 0 heterocycles. The molecule has 4 N–H and O–H groups in total. The van der Waals surface area contributed by atoms with Crippen molar-refractivity contribution < 1.29 is 5.11 Å². The lowest BCUT2D eigenvalue weighted by molar-refractivity contribution is 0.475. The lowest BCUT2D eigenvalue weighted by Crippen LogP contribution is -2.11. The second-order valence-corrected chi connectivity index (χ2v) is 3.09. The van der Waals surface area contributed by atoms with Crippen molar-refractivity contribution in [2.45, 2.75) is 0 Å². The van der Waals surface area contributed by atoms with Crippen molar-refractivity contribution in [3.8, 4) is 5.75 Å². The van der Waals surface area contributed by atoms with E-state index in [0.29, 0.717) is 5.56 Å². The van der Waals surface area contributed by atoms with Crippen LogP contribution in [0.3, 0.4) is 0 Å². The summed E-state index contributed by atoms with van der Waals surface area (Å²) in [5.74, 6) is -0.0597. The maximum Gasteiger partial charge on any atom is 0.127 e. The fourth-order valence-electron chi connectivity index (χ4n) is 1.54. The van der Waals surface area contributed by atoms with Crippen LogP contribution in [0.1, 0.15) is 5.56 Å². The Labute approximate surface area is 81.3 Å². The van der Waals surface area contributed by atoms with Crippen LogP contribution in [0.15, 0.2) is 36.4 Å². The fourth-order valence-corrected chi connectivity index (χ4v) is 1.54. The molecule has 0 fully saturated rings. The Hall–Kier alpha value is -2.03. The molecule has 3 nitrogen and oxygen atoms in total. The highest BCUT2D eigenvalue weighted by molar-refractivity contribution is 6.09. The van der Waals surface area contributed by atoms with Gasteiger partial charge in [0.25, 0.3) is 0 Å². The first-order chi connectivity index (χ1) is 6.70. The van der Waals surface area contributed by atoms with E-state index in [4.69, 9.17) is 11.1 Å². The summed E-state index contributed by atoms with van der Waals surface area (Å²) in [5.41, 5.74) is 5.81. The van der Waals surface area contributed by atoms with Crippen molar-refractivity contribution in [3.63, 3.8) is 0 Å². The van der Waals surface area contributed by atoms with Crippen molar-refractivity contribution in [1.82, 2.24) is 0 Å². The molecule has 0 bridgehead atoms. The van der Waals surface area contributed by atoms with Crippen molar-refractivity contribution >= 4 is 16.6 Å². The zero-order chi connectivity index (χ0) is 10.1. The Morgan fingerprint density at radius 1 is 1.14 bits per heavy atom. The molecule has 2 rings (SSSR count). The number of phenols is 1. The average molecular weight is 186 g/mol. The van der Waals surface area contributed by atoms with Crippen molar-refractivity contribution in [1.29, 1.82) is 5.41 Å². The maximum atomic E-state index is 9.56. The van der Waals surface area contributed by atoms with Gasteiger partial charge in [-0.25, -0.2) is 0 Å². The predicted molar refractivity (Wildman–Crippen MR) is 56.6 cm³/mol. The van der Waals surface area contributed by atoms with Crippen LogP contribution in [-0.4, -0.2) is 10.9 Å². The van der Waals surface area contributed by atoms with E-state index in [1.54, 1.807) is 12.1 Å². The van der Waals surface area contributed by atoms with Crippen LogP contribution >= 0.6 is 0 Å². The minimum absolute atomic E-state index is 0.0520. The second-order valence-electron chi connectivity index (χ2n) is 3.09. The van der Waals surface area contributed by atoms with E-state index < -0.39 is 0 Å². The molecular formula is C11H10N2O. The van der Waals surface area contributed by atoms with E-state index >= 15 is 0 Å². The Balaban J connectivity index is 2.90. The van der Waals surface area contributed by atoms with Crippen LogP contribution in [0.4, 0.5) is 0 Å². The number of amidine groups is 1. The minimum Gasteiger partial charge on any atom is -0.507 e. The SMILES string of the molecule is N=C(N)c1c(O)ccc2ccccc12. The third-order valence-corrected chi connectivity index (χ3v) is 2.18. The monoisotopic (exact) mass is 186 g/mol. The molecular weight excluding hydrogens is 176 g/mol. The summed E-state index contributed by atoms with van der Waals surface area (Å²) in [5, 5.41) is 18.7. The van der Waals surface area contributed by atoms with Gasteiger partial charge in [-0.05, 0) is 16.8 Å². The number of aromatic hydroxyl groups is 1. The molecule has 0 aliphatic carbocycles. The van der Waals surface area contributed by atoms with Crippen LogP contribution in [0, 0.1) is 5.41 Å². The topological polar surface area (TPSA) is 70.1 Å². The van der Waals surface area contributed by atoms with Gasteiger partial charge in [0.1, 0.15) is 11.6 Å². The summed E-state index contributed by atoms with van der Waals surface area (Å²) in [7, 11) is 0. The molecule has 0 saturated heterocycles. The zero-order valence-electron chi connectivity index (χ0n) is 7.49.